The largest absolute Gasteiger partial charge is 0.480 e. The standard InChI is InChI=1S/C9H14O8/c1-6(10)9(14)17-5-8(13)16-3-2-15-4-7(11)12/h6,10H,2-5H2,1H3,(H,11,12). The normalized spacial score (nSPS) is 11.6. The Kier molecular flexibility index (Phi) is 7.65. The lowest BCUT2D eigenvalue weighted by molar-refractivity contribution is -0.164. The summed E-state index contributed by atoms with van der Waals surface area (Å²) in [7, 11) is 0. The van der Waals surface area contributed by atoms with Crippen molar-refractivity contribution in [3.8, 4) is 0 Å². The van der Waals surface area contributed by atoms with Crippen LogP contribution in [0.15, 0.2) is 0 Å². The maximum Gasteiger partial charge on any atom is 0.344 e. The van der Waals surface area contributed by atoms with E-state index < -0.39 is 37.2 Å². The Labute approximate surface area is 97.1 Å². The Hall–Kier alpha value is -1.67. The van der Waals surface area contributed by atoms with Crippen molar-refractivity contribution in [3.05, 3.63) is 0 Å². The molecule has 0 aromatic rings. The van der Waals surface area contributed by atoms with E-state index in [0.29, 0.717) is 0 Å². The molecule has 8 heteroatoms. The Morgan fingerprint density at radius 2 is 1.76 bits per heavy atom. The van der Waals surface area contributed by atoms with Crippen molar-refractivity contribution in [2.24, 2.45) is 0 Å². The number of aliphatic carboxylic acids is 1. The van der Waals surface area contributed by atoms with E-state index >= 15 is 0 Å². The third-order valence-corrected chi connectivity index (χ3v) is 1.39. The lowest BCUT2D eigenvalue weighted by Crippen LogP contribution is -2.24. The molecular formula is C9H14O8. The minimum Gasteiger partial charge on any atom is -0.480 e. The molecule has 0 aromatic heterocycles. The van der Waals surface area contributed by atoms with Crippen molar-refractivity contribution in [3.63, 3.8) is 0 Å². The maximum absolute atomic E-state index is 10.9. The molecule has 0 fully saturated rings. The average molecular weight is 250 g/mol. The number of carbonyl (C=O) groups is 3. The molecule has 0 saturated carbocycles. The average Bonchev–Trinajstić information content (AvgIpc) is 2.24. The summed E-state index contributed by atoms with van der Waals surface area (Å²) >= 11 is 0. The van der Waals surface area contributed by atoms with Crippen LogP contribution in [0.3, 0.4) is 0 Å². The van der Waals surface area contributed by atoms with Gasteiger partial charge in [-0.1, -0.05) is 0 Å². The highest BCUT2D eigenvalue weighted by Crippen LogP contribution is 1.89. The minimum absolute atomic E-state index is 0.0671. The number of carboxylic acid groups (broad SMARTS) is 1. The zero-order chi connectivity index (χ0) is 13.3. The zero-order valence-corrected chi connectivity index (χ0v) is 9.25. The van der Waals surface area contributed by atoms with Crippen LogP contribution in [0.4, 0.5) is 0 Å². The van der Waals surface area contributed by atoms with Gasteiger partial charge in [0, 0.05) is 0 Å². The van der Waals surface area contributed by atoms with Crippen LogP contribution in [-0.2, 0) is 28.6 Å². The Morgan fingerprint density at radius 1 is 1.12 bits per heavy atom. The van der Waals surface area contributed by atoms with Gasteiger partial charge in [-0.25, -0.2) is 14.4 Å². The minimum atomic E-state index is -1.30. The van der Waals surface area contributed by atoms with E-state index in [1.165, 1.54) is 6.92 Å². The Balaban J connectivity index is 3.47. The van der Waals surface area contributed by atoms with Crippen molar-refractivity contribution in [2.75, 3.05) is 26.4 Å². The van der Waals surface area contributed by atoms with Gasteiger partial charge in [-0.3, -0.25) is 0 Å². The first kappa shape index (κ1) is 15.3. The maximum atomic E-state index is 10.9. The number of aliphatic hydroxyl groups excluding tert-OH is 1. The SMILES string of the molecule is CC(O)C(=O)OCC(=O)OCCOCC(=O)O. The van der Waals surface area contributed by atoms with E-state index in [0.717, 1.165) is 0 Å². The van der Waals surface area contributed by atoms with Crippen molar-refractivity contribution in [1.82, 2.24) is 0 Å². The van der Waals surface area contributed by atoms with Crippen LogP contribution in [0, 0.1) is 0 Å². The number of rotatable bonds is 8. The molecule has 0 bridgehead atoms. The van der Waals surface area contributed by atoms with E-state index in [9.17, 15) is 14.4 Å². The molecule has 17 heavy (non-hydrogen) atoms. The van der Waals surface area contributed by atoms with Crippen molar-refractivity contribution in [1.29, 1.82) is 0 Å². The van der Waals surface area contributed by atoms with E-state index in [1.807, 2.05) is 0 Å². The number of carbonyl (C=O) groups excluding carboxylic acids is 2. The predicted molar refractivity (Wildman–Crippen MR) is 52.1 cm³/mol. The topological polar surface area (TPSA) is 119 Å². The fourth-order valence-corrected chi connectivity index (χ4v) is 0.666. The van der Waals surface area contributed by atoms with Crippen molar-refractivity contribution < 1.29 is 38.8 Å². The summed E-state index contributed by atoms with van der Waals surface area (Å²) < 4.78 is 13.5. The van der Waals surface area contributed by atoms with Crippen LogP contribution in [0.25, 0.3) is 0 Å². The third-order valence-electron chi connectivity index (χ3n) is 1.39. The summed E-state index contributed by atoms with van der Waals surface area (Å²) in [4.78, 5) is 31.7. The Morgan fingerprint density at radius 3 is 2.29 bits per heavy atom. The molecule has 0 aliphatic rings. The number of hydrogen-bond donors (Lipinski definition) is 2. The van der Waals surface area contributed by atoms with Crippen LogP contribution < -0.4 is 0 Å². The third kappa shape index (κ3) is 9.27. The number of carboxylic acids is 1. The van der Waals surface area contributed by atoms with Gasteiger partial charge in [0.15, 0.2) is 6.61 Å². The van der Waals surface area contributed by atoms with Crippen LogP contribution >= 0.6 is 0 Å². The van der Waals surface area contributed by atoms with Gasteiger partial charge in [-0.15, -0.1) is 0 Å². The quantitative estimate of drug-likeness (QED) is 0.397. The highest BCUT2D eigenvalue weighted by Gasteiger charge is 2.13. The first-order valence-electron chi connectivity index (χ1n) is 4.73. The van der Waals surface area contributed by atoms with Gasteiger partial charge in [0.25, 0.3) is 0 Å². The fourth-order valence-electron chi connectivity index (χ4n) is 0.666. The molecule has 0 spiro atoms. The molecule has 0 saturated heterocycles. The molecule has 98 valence electrons. The molecule has 2 N–H and O–H groups in total. The van der Waals surface area contributed by atoms with Gasteiger partial charge < -0.3 is 24.4 Å². The summed E-state index contributed by atoms with van der Waals surface area (Å²) in [5.74, 6) is -2.86. The van der Waals surface area contributed by atoms with E-state index in [-0.39, 0.29) is 13.2 Å². The Bertz CT molecular complexity index is 272. The van der Waals surface area contributed by atoms with Gasteiger partial charge in [-0.2, -0.15) is 0 Å². The number of esters is 2. The summed E-state index contributed by atoms with van der Waals surface area (Å²) in [5, 5.41) is 16.9. The molecule has 0 aliphatic carbocycles. The predicted octanol–water partition coefficient (Wildman–Crippen LogP) is -1.45. The smallest absolute Gasteiger partial charge is 0.344 e. The van der Waals surface area contributed by atoms with E-state index in [1.54, 1.807) is 0 Å². The molecule has 0 radical (unpaired) electrons. The van der Waals surface area contributed by atoms with Crippen LogP contribution in [0.5, 0.6) is 0 Å². The molecule has 0 aliphatic heterocycles. The summed E-state index contributed by atoms with van der Waals surface area (Å²) in [5.41, 5.74) is 0. The van der Waals surface area contributed by atoms with Crippen molar-refractivity contribution >= 4 is 17.9 Å². The molecule has 0 heterocycles. The van der Waals surface area contributed by atoms with Gasteiger partial charge in [0.1, 0.15) is 19.3 Å². The van der Waals surface area contributed by atoms with E-state index in [2.05, 4.69) is 14.2 Å². The fraction of sp³-hybridized carbons (Fsp3) is 0.667. The first-order chi connectivity index (χ1) is 7.93. The molecule has 0 amide bonds. The highest BCUT2D eigenvalue weighted by atomic mass is 16.6. The first-order valence-corrected chi connectivity index (χ1v) is 4.73. The molecular weight excluding hydrogens is 236 g/mol. The number of aliphatic hydroxyl groups is 1. The summed E-state index contributed by atoms with van der Waals surface area (Å²) in [6.45, 7) is -0.0919. The van der Waals surface area contributed by atoms with Crippen LogP contribution in [0.1, 0.15) is 6.92 Å². The zero-order valence-electron chi connectivity index (χ0n) is 9.25. The second-order valence-electron chi connectivity index (χ2n) is 2.95. The van der Waals surface area contributed by atoms with Crippen molar-refractivity contribution in [2.45, 2.75) is 13.0 Å². The summed E-state index contributed by atoms with van der Waals surface area (Å²) in [6, 6.07) is 0. The van der Waals surface area contributed by atoms with Gasteiger partial charge in [0.2, 0.25) is 0 Å². The number of ether oxygens (including phenoxy) is 3. The lowest BCUT2D eigenvalue weighted by Gasteiger charge is -2.07. The molecule has 1 atom stereocenters. The van der Waals surface area contributed by atoms with Gasteiger partial charge in [0.05, 0.1) is 6.61 Å². The van der Waals surface area contributed by atoms with Crippen LogP contribution in [0.2, 0.25) is 0 Å². The van der Waals surface area contributed by atoms with Gasteiger partial charge >= 0.3 is 17.9 Å². The second-order valence-corrected chi connectivity index (χ2v) is 2.95. The molecule has 1 unspecified atom stereocenters. The molecule has 8 nitrogen and oxygen atoms in total. The molecule has 0 aromatic carbocycles. The molecule has 0 rings (SSSR count). The highest BCUT2D eigenvalue weighted by molar-refractivity contribution is 5.78. The monoisotopic (exact) mass is 250 g/mol. The summed E-state index contributed by atoms with van der Waals surface area (Å²) in [6.07, 6.45) is -1.30. The number of hydrogen-bond acceptors (Lipinski definition) is 7. The van der Waals surface area contributed by atoms with Gasteiger partial charge in [-0.05, 0) is 6.92 Å². The lowest BCUT2D eigenvalue weighted by atomic mass is 10.4. The van der Waals surface area contributed by atoms with E-state index in [4.69, 9.17) is 10.2 Å². The van der Waals surface area contributed by atoms with Crippen LogP contribution in [-0.4, -0.2) is 60.7 Å². The second kappa shape index (κ2) is 8.48.